The summed E-state index contributed by atoms with van der Waals surface area (Å²) in [4.78, 5) is 0. The van der Waals surface area contributed by atoms with Crippen molar-refractivity contribution in [2.75, 3.05) is 6.61 Å². The highest BCUT2D eigenvalue weighted by Gasteiger charge is 2.04. The van der Waals surface area contributed by atoms with Crippen LogP contribution in [0.25, 0.3) is 0 Å². The van der Waals surface area contributed by atoms with E-state index in [9.17, 15) is 9.50 Å². The van der Waals surface area contributed by atoms with Gasteiger partial charge in [0, 0.05) is 12.0 Å². The Morgan fingerprint density at radius 3 is 2.57 bits per heavy atom. The van der Waals surface area contributed by atoms with Crippen molar-refractivity contribution < 1.29 is 19.3 Å². The first kappa shape index (κ1) is 14.9. The third-order valence-corrected chi connectivity index (χ3v) is 2.73. The summed E-state index contributed by atoms with van der Waals surface area (Å²) in [5.41, 5.74) is 1.45. The second-order valence-corrected chi connectivity index (χ2v) is 4.38. The minimum absolute atomic E-state index is 0.00158. The molecule has 0 saturated heterocycles. The van der Waals surface area contributed by atoms with Gasteiger partial charge < -0.3 is 14.9 Å². The summed E-state index contributed by atoms with van der Waals surface area (Å²) >= 11 is 0. The molecule has 0 fully saturated rings. The molecule has 0 aromatic heterocycles. The number of phenolic OH excluding ortho intramolecular Hbond substituents is 1. The molecule has 2 rings (SSSR count). The van der Waals surface area contributed by atoms with E-state index in [1.54, 1.807) is 30.3 Å². The molecule has 21 heavy (non-hydrogen) atoms. The summed E-state index contributed by atoms with van der Waals surface area (Å²) < 4.78 is 19.1. The first-order valence-corrected chi connectivity index (χ1v) is 6.49. The Morgan fingerprint density at radius 2 is 1.86 bits per heavy atom. The first-order chi connectivity index (χ1) is 10.2. The largest absolute Gasteiger partial charge is 0.508 e. The van der Waals surface area contributed by atoms with E-state index >= 15 is 0 Å². The molecule has 3 nitrogen and oxygen atoms in total. The number of rotatable bonds is 4. The quantitative estimate of drug-likeness (QED) is 0.850. The topological polar surface area (TPSA) is 49.7 Å². The monoisotopic (exact) mass is 286 g/mol. The predicted octanol–water partition coefficient (Wildman–Crippen LogP) is 2.84. The van der Waals surface area contributed by atoms with Crippen LogP contribution in [0.1, 0.15) is 17.5 Å². The fourth-order valence-electron chi connectivity index (χ4n) is 1.67. The van der Waals surface area contributed by atoms with Gasteiger partial charge in [0.25, 0.3) is 0 Å². The van der Waals surface area contributed by atoms with Gasteiger partial charge in [0.1, 0.15) is 12.4 Å². The summed E-state index contributed by atoms with van der Waals surface area (Å²) in [6.45, 7) is 0.198. The number of hydrogen-bond acceptors (Lipinski definition) is 3. The van der Waals surface area contributed by atoms with Gasteiger partial charge in [0.05, 0.1) is 6.61 Å². The fraction of sp³-hybridized carbons (Fsp3) is 0.176. The third kappa shape index (κ3) is 4.51. The molecular formula is C17H15FO3. The van der Waals surface area contributed by atoms with Crippen LogP contribution in [-0.2, 0) is 6.61 Å². The smallest absolute Gasteiger partial charge is 0.165 e. The molecule has 4 heteroatoms. The molecule has 0 aliphatic rings. The van der Waals surface area contributed by atoms with E-state index in [1.165, 1.54) is 12.1 Å². The molecule has 0 atom stereocenters. The summed E-state index contributed by atoms with van der Waals surface area (Å²) in [7, 11) is 0. The molecule has 0 aliphatic carbocycles. The Hall–Kier alpha value is -2.51. The normalized spacial score (nSPS) is 9.81. The highest BCUT2D eigenvalue weighted by molar-refractivity contribution is 5.40. The molecule has 108 valence electrons. The summed E-state index contributed by atoms with van der Waals surface area (Å²) in [5.74, 6) is 5.44. The molecule has 2 N–H and O–H groups in total. The second-order valence-electron chi connectivity index (χ2n) is 4.38. The van der Waals surface area contributed by atoms with Gasteiger partial charge in [0.15, 0.2) is 11.6 Å². The van der Waals surface area contributed by atoms with E-state index in [1.807, 2.05) is 0 Å². The van der Waals surface area contributed by atoms with Crippen molar-refractivity contribution in [3.63, 3.8) is 0 Å². The first-order valence-electron chi connectivity index (χ1n) is 6.49. The van der Waals surface area contributed by atoms with Crippen molar-refractivity contribution in [3.8, 4) is 23.3 Å². The van der Waals surface area contributed by atoms with Crippen molar-refractivity contribution in [1.82, 2.24) is 0 Å². The number of hydrogen-bond donors (Lipinski definition) is 2. The van der Waals surface area contributed by atoms with Gasteiger partial charge in [-0.25, -0.2) is 4.39 Å². The van der Waals surface area contributed by atoms with Gasteiger partial charge in [-0.15, -0.1) is 0 Å². The van der Waals surface area contributed by atoms with Crippen LogP contribution in [0.15, 0.2) is 42.5 Å². The summed E-state index contributed by atoms with van der Waals surface area (Å²) in [6.07, 6.45) is 0.376. The number of halogens is 1. The molecule has 0 saturated carbocycles. The van der Waals surface area contributed by atoms with E-state index in [0.717, 1.165) is 5.56 Å². The maximum absolute atomic E-state index is 13.7. The average molecular weight is 286 g/mol. The van der Waals surface area contributed by atoms with E-state index in [4.69, 9.17) is 9.84 Å². The molecule has 0 bridgehead atoms. The number of benzene rings is 2. The second kappa shape index (κ2) is 7.32. The van der Waals surface area contributed by atoms with E-state index in [0.29, 0.717) is 12.0 Å². The molecule has 0 radical (unpaired) electrons. The van der Waals surface area contributed by atoms with E-state index in [2.05, 4.69) is 11.8 Å². The molecule has 0 amide bonds. The fourth-order valence-corrected chi connectivity index (χ4v) is 1.67. The number of phenols is 1. The van der Waals surface area contributed by atoms with Gasteiger partial charge >= 0.3 is 0 Å². The van der Waals surface area contributed by atoms with Gasteiger partial charge in [-0.2, -0.15) is 0 Å². The SMILES string of the molecule is OCCC#Cc1ccc(F)c(OCc2ccc(O)cc2)c1. The van der Waals surface area contributed by atoms with Crippen LogP contribution in [0, 0.1) is 17.7 Å². The standard InChI is InChI=1S/C17H15FO3/c18-16-9-6-13(3-1-2-10-19)11-17(16)21-12-14-4-7-15(20)8-5-14/h4-9,11,19-20H,2,10,12H2. The molecule has 2 aromatic rings. The molecule has 0 unspecified atom stereocenters. The van der Waals surface area contributed by atoms with E-state index < -0.39 is 5.82 Å². The van der Waals surface area contributed by atoms with Crippen LogP contribution in [0.2, 0.25) is 0 Å². The van der Waals surface area contributed by atoms with Crippen LogP contribution in [0.5, 0.6) is 11.5 Å². The molecule has 2 aromatic carbocycles. The Morgan fingerprint density at radius 1 is 1.10 bits per heavy atom. The van der Waals surface area contributed by atoms with Crippen LogP contribution in [0.4, 0.5) is 4.39 Å². The Kier molecular flexibility index (Phi) is 5.19. The maximum atomic E-state index is 13.7. The number of aliphatic hydroxyl groups is 1. The lowest BCUT2D eigenvalue weighted by Crippen LogP contribution is -1.97. The van der Waals surface area contributed by atoms with Crippen LogP contribution < -0.4 is 4.74 Å². The van der Waals surface area contributed by atoms with Crippen LogP contribution >= 0.6 is 0 Å². The Balaban J connectivity index is 2.07. The van der Waals surface area contributed by atoms with Crippen molar-refractivity contribution in [2.24, 2.45) is 0 Å². The molecule has 0 heterocycles. The van der Waals surface area contributed by atoms with Gasteiger partial charge in [-0.3, -0.25) is 0 Å². The lowest BCUT2D eigenvalue weighted by Gasteiger charge is -2.08. The third-order valence-electron chi connectivity index (χ3n) is 2.73. The molecule has 0 spiro atoms. The average Bonchev–Trinajstić information content (AvgIpc) is 2.49. The minimum Gasteiger partial charge on any atom is -0.508 e. The van der Waals surface area contributed by atoms with Crippen molar-refractivity contribution in [3.05, 3.63) is 59.4 Å². The Labute approximate surface area is 122 Å². The highest BCUT2D eigenvalue weighted by Crippen LogP contribution is 2.20. The van der Waals surface area contributed by atoms with Gasteiger partial charge in [-0.1, -0.05) is 24.0 Å². The Bertz CT molecular complexity index is 654. The molecular weight excluding hydrogens is 271 g/mol. The summed E-state index contributed by atoms with van der Waals surface area (Å²) in [5, 5.41) is 17.9. The number of aromatic hydroxyl groups is 1. The predicted molar refractivity (Wildman–Crippen MR) is 77.4 cm³/mol. The maximum Gasteiger partial charge on any atom is 0.165 e. The van der Waals surface area contributed by atoms with Crippen molar-refractivity contribution >= 4 is 0 Å². The minimum atomic E-state index is -0.457. The highest BCUT2D eigenvalue weighted by atomic mass is 19.1. The zero-order chi connectivity index (χ0) is 15.1. The molecule has 0 aliphatic heterocycles. The van der Waals surface area contributed by atoms with Crippen molar-refractivity contribution in [1.29, 1.82) is 0 Å². The van der Waals surface area contributed by atoms with Crippen LogP contribution in [-0.4, -0.2) is 16.8 Å². The lowest BCUT2D eigenvalue weighted by molar-refractivity contribution is 0.290. The van der Waals surface area contributed by atoms with Gasteiger partial charge in [-0.05, 0) is 35.9 Å². The summed E-state index contributed by atoms with van der Waals surface area (Å²) in [6, 6.07) is 10.9. The zero-order valence-corrected chi connectivity index (χ0v) is 11.3. The lowest BCUT2D eigenvalue weighted by atomic mass is 10.2. The zero-order valence-electron chi connectivity index (χ0n) is 11.3. The van der Waals surface area contributed by atoms with E-state index in [-0.39, 0.29) is 24.7 Å². The van der Waals surface area contributed by atoms with Crippen LogP contribution in [0.3, 0.4) is 0 Å². The van der Waals surface area contributed by atoms with Crippen molar-refractivity contribution in [2.45, 2.75) is 13.0 Å². The number of ether oxygens (including phenoxy) is 1. The number of aliphatic hydroxyl groups excluding tert-OH is 1. The van der Waals surface area contributed by atoms with Gasteiger partial charge in [0.2, 0.25) is 0 Å².